The Labute approximate surface area is 151 Å². The predicted octanol–water partition coefficient (Wildman–Crippen LogP) is 3.17. The van der Waals surface area contributed by atoms with Crippen molar-refractivity contribution in [3.63, 3.8) is 0 Å². The van der Waals surface area contributed by atoms with Crippen LogP contribution in [0, 0.1) is 11.8 Å². The topological polar surface area (TPSA) is 81.7 Å². The molecule has 0 radical (unpaired) electrons. The number of aldehydes is 1. The van der Waals surface area contributed by atoms with Gasteiger partial charge in [0.25, 0.3) is 0 Å². The molecule has 0 saturated carbocycles. The molecule has 2 aromatic rings. The summed E-state index contributed by atoms with van der Waals surface area (Å²) in [6.07, 6.45) is -0.0824. The number of nitrogens with one attached hydrogen (secondary N) is 1. The summed E-state index contributed by atoms with van der Waals surface area (Å²) in [6.45, 7) is 5.45. The third kappa shape index (κ3) is 2.62. The van der Waals surface area contributed by atoms with Crippen LogP contribution in [0.4, 0.5) is 4.79 Å². The number of fused-ring (bicyclic) bond motifs is 3. The smallest absolute Gasteiger partial charge is 0.413 e. The van der Waals surface area contributed by atoms with E-state index in [0.29, 0.717) is 17.2 Å². The lowest BCUT2D eigenvalue weighted by atomic mass is 9.72. The van der Waals surface area contributed by atoms with Gasteiger partial charge >= 0.3 is 12.1 Å². The Kier molecular flexibility index (Phi) is 4.68. The molecule has 0 unspecified atom stereocenters. The maximum absolute atomic E-state index is 13.0. The summed E-state index contributed by atoms with van der Waals surface area (Å²) in [5, 5.41) is 4.16. The minimum Gasteiger partial charge on any atom is -0.464 e. The summed E-state index contributed by atoms with van der Waals surface area (Å²) in [5.41, 5.74) is -1.19. The van der Waals surface area contributed by atoms with Gasteiger partial charge in [0, 0.05) is 10.9 Å². The highest BCUT2D eigenvalue weighted by molar-refractivity contribution is 6.00. The van der Waals surface area contributed by atoms with E-state index >= 15 is 0 Å². The Morgan fingerprint density at radius 1 is 1.27 bits per heavy atom. The van der Waals surface area contributed by atoms with E-state index < -0.39 is 23.5 Å². The Morgan fingerprint density at radius 2 is 2.00 bits per heavy atom. The van der Waals surface area contributed by atoms with Gasteiger partial charge in [-0.15, -0.1) is 0 Å². The lowest BCUT2D eigenvalue weighted by molar-refractivity contribution is -0.157. The minimum atomic E-state index is -1.62. The summed E-state index contributed by atoms with van der Waals surface area (Å²) < 4.78 is 10.7. The number of esters is 1. The zero-order chi connectivity index (χ0) is 18.9. The third-order valence-electron chi connectivity index (χ3n) is 4.76. The Balaban J connectivity index is 2.36. The second-order valence-corrected chi connectivity index (χ2v) is 6.61. The third-order valence-corrected chi connectivity index (χ3v) is 4.76. The number of benzene rings is 2. The van der Waals surface area contributed by atoms with Gasteiger partial charge in [0.15, 0.2) is 5.54 Å². The summed E-state index contributed by atoms with van der Waals surface area (Å²) >= 11 is 0. The standard InChI is InChI=1S/C20H21NO5/c1-4-25-18(23)20(16(11-22)12(2)3)15-10-9-13-7-5-6-8-14(13)17(15)26-19(24)21-20/h5-12,16H,4H2,1-3H3,(H,21,24)/t16-,20+/m1/s1. The fraction of sp³-hybridized carbons (Fsp3) is 0.350. The van der Waals surface area contributed by atoms with Crippen molar-refractivity contribution >= 4 is 29.1 Å². The van der Waals surface area contributed by atoms with Gasteiger partial charge in [-0.25, -0.2) is 9.59 Å². The molecule has 26 heavy (non-hydrogen) atoms. The van der Waals surface area contributed by atoms with Crippen LogP contribution < -0.4 is 10.1 Å². The molecule has 1 heterocycles. The van der Waals surface area contributed by atoms with Crippen molar-refractivity contribution in [1.29, 1.82) is 0 Å². The largest absolute Gasteiger partial charge is 0.464 e. The zero-order valence-electron chi connectivity index (χ0n) is 14.9. The van der Waals surface area contributed by atoms with Crippen LogP contribution in [-0.4, -0.2) is 25.0 Å². The molecule has 0 bridgehead atoms. The van der Waals surface area contributed by atoms with E-state index in [1.165, 1.54) is 0 Å². The highest BCUT2D eigenvalue weighted by Crippen LogP contribution is 2.45. The number of rotatable bonds is 5. The second-order valence-electron chi connectivity index (χ2n) is 6.61. The first kappa shape index (κ1) is 17.9. The summed E-state index contributed by atoms with van der Waals surface area (Å²) in [4.78, 5) is 37.3. The molecular weight excluding hydrogens is 334 g/mol. The average molecular weight is 355 g/mol. The fourth-order valence-electron chi connectivity index (χ4n) is 3.57. The average Bonchev–Trinajstić information content (AvgIpc) is 2.61. The molecule has 1 aliphatic heterocycles. The molecule has 6 nitrogen and oxygen atoms in total. The number of hydrogen-bond acceptors (Lipinski definition) is 5. The highest BCUT2D eigenvalue weighted by Gasteiger charge is 2.55. The Bertz CT molecular complexity index is 876. The van der Waals surface area contributed by atoms with Crippen LogP contribution in [0.3, 0.4) is 0 Å². The zero-order valence-corrected chi connectivity index (χ0v) is 14.9. The molecule has 1 amide bonds. The van der Waals surface area contributed by atoms with Gasteiger partial charge in [0.1, 0.15) is 12.0 Å². The van der Waals surface area contributed by atoms with Crippen molar-refractivity contribution in [2.45, 2.75) is 26.3 Å². The van der Waals surface area contributed by atoms with Gasteiger partial charge in [-0.3, -0.25) is 0 Å². The molecule has 0 aromatic heterocycles. The highest BCUT2D eigenvalue weighted by atomic mass is 16.6. The van der Waals surface area contributed by atoms with E-state index in [0.717, 1.165) is 5.39 Å². The van der Waals surface area contributed by atoms with Crippen molar-refractivity contribution < 1.29 is 23.9 Å². The van der Waals surface area contributed by atoms with Crippen molar-refractivity contribution in [3.05, 3.63) is 42.0 Å². The van der Waals surface area contributed by atoms with Crippen molar-refractivity contribution in [2.75, 3.05) is 6.61 Å². The van der Waals surface area contributed by atoms with E-state index in [-0.39, 0.29) is 18.3 Å². The SMILES string of the molecule is CCOC(=O)[C@]1([C@H](C=O)C(C)C)NC(=O)Oc2c1ccc1ccccc21. The Morgan fingerprint density at radius 3 is 2.65 bits per heavy atom. The molecule has 1 N–H and O–H groups in total. The van der Waals surface area contributed by atoms with Crippen LogP contribution in [0.2, 0.25) is 0 Å². The normalized spacial score (nSPS) is 20.1. The van der Waals surface area contributed by atoms with Crippen LogP contribution in [0.5, 0.6) is 5.75 Å². The quantitative estimate of drug-likeness (QED) is 0.658. The molecule has 2 atom stereocenters. The van der Waals surface area contributed by atoms with Crippen molar-refractivity contribution in [1.82, 2.24) is 5.32 Å². The van der Waals surface area contributed by atoms with Gasteiger partial charge in [-0.05, 0) is 18.2 Å². The predicted molar refractivity (Wildman–Crippen MR) is 95.8 cm³/mol. The number of amides is 1. The first-order valence-electron chi connectivity index (χ1n) is 8.60. The molecule has 0 aliphatic carbocycles. The van der Waals surface area contributed by atoms with E-state index in [2.05, 4.69) is 5.32 Å². The maximum Gasteiger partial charge on any atom is 0.413 e. The molecule has 6 heteroatoms. The number of carbonyl (C=O) groups is 3. The number of ether oxygens (including phenoxy) is 2. The van der Waals surface area contributed by atoms with E-state index in [1.807, 2.05) is 44.2 Å². The maximum atomic E-state index is 13.0. The minimum absolute atomic E-state index is 0.129. The van der Waals surface area contributed by atoms with E-state index in [9.17, 15) is 14.4 Å². The molecule has 0 spiro atoms. The van der Waals surface area contributed by atoms with Crippen LogP contribution in [-0.2, 0) is 19.9 Å². The second kappa shape index (κ2) is 6.78. The molecule has 0 fully saturated rings. The van der Waals surface area contributed by atoms with Gasteiger partial charge in [-0.1, -0.05) is 50.2 Å². The van der Waals surface area contributed by atoms with Crippen LogP contribution in [0.25, 0.3) is 10.8 Å². The van der Waals surface area contributed by atoms with Gasteiger partial charge < -0.3 is 19.6 Å². The van der Waals surface area contributed by atoms with Gasteiger partial charge in [-0.2, -0.15) is 0 Å². The van der Waals surface area contributed by atoms with Crippen LogP contribution in [0.15, 0.2) is 36.4 Å². The fourth-order valence-corrected chi connectivity index (χ4v) is 3.57. The van der Waals surface area contributed by atoms with Gasteiger partial charge in [0.05, 0.1) is 12.5 Å². The van der Waals surface area contributed by atoms with Crippen molar-refractivity contribution in [3.8, 4) is 5.75 Å². The lowest BCUT2D eigenvalue weighted by Gasteiger charge is -2.41. The molecular formula is C20H21NO5. The van der Waals surface area contributed by atoms with Crippen LogP contribution >= 0.6 is 0 Å². The molecule has 1 aliphatic rings. The van der Waals surface area contributed by atoms with E-state index in [4.69, 9.17) is 9.47 Å². The first-order valence-corrected chi connectivity index (χ1v) is 8.60. The summed E-state index contributed by atoms with van der Waals surface area (Å²) in [7, 11) is 0. The molecule has 0 saturated heterocycles. The van der Waals surface area contributed by atoms with Crippen LogP contribution in [0.1, 0.15) is 26.3 Å². The molecule has 2 aromatic carbocycles. The number of carbonyl (C=O) groups excluding carboxylic acids is 3. The molecule has 3 rings (SSSR count). The Hall–Kier alpha value is -2.89. The summed E-state index contributed by atoms with van der Waals surface area (Å²) in [5.74, 6) is -1.41. The monoisotopic (exact) mass is 355 g/mol. The lowest BCUT2D eigenvalue weighted by Crippen LogP contribution is -2.62. The summed E-state index contributed by atoms with van der Waals surface area (Å²) in [6, 6.07) is 11.0. The van der Waals surface area contributed by atoms with Crippen molar-refractivity contribution in [2.24, 2.45) is 11.8 Å². The van der Waals surface area contributed by atoms with Gasteiger partial charge in [0.2, 0.25) is 0 Å². The molecule has 136 valence electrons. The number of hydrogen-bond donors (Lipinski definition) is 1. The van der Waals surface area contributed by atoms with E-state index in [1.54, 1.807) is 13.0 Å². The first-order chi connectivity index (χ1) is 12.5.